The number of carbonyl (C=O) groups excluding carboxylic acids is 2. The number of nitrogens with zero attached hydrogens (tertiary/aromatic N) is 1. The van der Waals surface area contributed by atoms with Crippen LogP contribution in [-0.4, -0.2) is 28.8 Å². The van der Waals surface area contributed by atoms with Crippen LogP contribution in [-0.2, 0) is 4.79 Å². The molecule has 0 radical (unpaired) electrons. The van der Waals surface area contributed by atoms with Crippen molar-refractivity contribution in [3.63, 3.8) is 0 Å². The molecule has 7 heteroatoms. The standard InChI is InChI=1S/C24H19Cl2N3O2/c1-15-6-8-17(9-7-15)23(30)27-21-22(16-10-12-19(25)13-11-16)29(28-24(21)31)14-18-4-2-3-5-20(18)26/h2-14,21-22H,1H3,(H-,27,28,30,31)/p+1/b29-14-/t21-,22+/m1/s1. The number of aryl methyl sites for hydroxylation is 1. The number of halogens is 2. The molecule has 2 N–H and O–H groups in total. The van der Waals surface area contributed by atoms with E-state index in [1.165, 1.54) is 0 Å². The predicted octanol–water partition coefficient (Wildman–Crippen LogP) is 4.32. The summed E-state index contributed by atoms with van der Waals surface area (Å²) in [5.74, 6) is -0.637. The highest BCUT2D eigenvalue weighted by atomic mass is 35.5. The highest BCUT2D eigenvalue weighted by Crippen LogP contribution is 2.27. The van der Waals surface area contributed by atoms with Gasteiger partial charge in [0.05, 0.1) is 10.6 Å². The smallest absolute Gasteiger partial charge is 0.304 e. The number of nitrogens with one attached hydrogen (secondary N) is 2. The van der Waals surface area contributed by atoms with Gasteiger partial charge in [-0.3, -0.25) is 9.59 Å². The second-order valence-corrected chi connectivity index (χ2v) is 8.19. The number of hydrazone groups is 1. The normalized spacial score (nSPS) is 19.3. The van der Waals surface area contributed by atoms with Crippen molar-refractivity contribution in [3.05, 3.63) is 105 Å². The molecule has 3 aromatic rings. The Morgan fingerprint density at radius 2 is 1.68 bits per heavy atom. The van der Waals surface area contributed by atoms with Gasteiger partial charge in [-0.25, -0.2) is 0 Å². The summed E-state index contributed by atoms with van der Waals surface area (Å²) in [5.41, 5.74) is 5.94. The van der Waals surface area contributed by atoms with Crippen molar-refractivity contribution < 1.29 is 14.3 Å². The van der Waals surface area contributed by atoms with Crippen molar-refractivity contribution in [3.8, 4) is 0 Å². The summed E-state index contributed by atoms with van der Waals surface area (Å²) in [5, 5.41) is 4.02. The fraction of sp³-hybridized carbons (Fsp3) is 0.125. The summed E-state index contributed by atoms with van der Waals surface area (Å²) in [6.07, 6.45) is 1.76. The van der Waals surface area contributed by atoms with Crippen LogP contribution in [0.3, 0.4) is 0 Å². The summed E-state index contributed by atoms with van der Waals surface area (Å²) in [6.45, 7) is 1.95. The van der Waals surface area contributed by atoms with E-state index < -0.39 is 12.1 Å². The SMILES string of the molecule is Cc1ccc(C(=O)N[C@H]2C(=O)N/[N+](=C\c3ccccc3Cl)[C@H]2c2ccc(Cl)cc2)cc1. The lowest BCUT2D eigenvalue weighted by molar-refractivity contribution is -0.596. The molecule has 0 spiro atoms. The van der Waals surface area contributed by atoms with Crippen LogP contribution in [0.1, 0.15) is 33.1 Å². The fourth-order valence-corrected chi connectivity index (χ4v) is 3.81. The van der Waals surface area contributed by atoms with E-state index in [1.54, 1.807) is 41.2 Å². The van der Waals surface area contributed by atoms with Gasteiger partial charge in [0.25, 0.3) is 5.91 Å². The third kappa shape index (κ3) is 4.63. The van der Waals surface area contributed by atoms with Crippen LogP contribution in [0.25, 0.3) is 0 Å². The number of amides is 2. The summed E-state index contributed by atoms with van der Waals surface area (Å²) in [4.78, 5) is 25.7. The van der Waals surface area contributed by atoms with E-state index in [9.17, 15) is 9.59 Å². The summed E-state index contributed by atoms with van der Waals surface area (Å²) in [7, 11) is 0. The van der Waals surface area contributed by atoms with Crippen molar-refractivity contribution in [1.82, 2.24) is 10.7 Å². The van der Waals surface area contributed by atoms with Crippen molar-refractivity contribution in [1.29, 1.82) is 0 Å². The van der Waals surface area contributed by atoms with E-state index >= 15 is 0 Å². The lowest BCUT2D eigenvalue weighted by atomic mass is 9.99. The second kappa shape index (κ2) is 8.92. The Morgan fingerprint density at radius 3 is 2.35 bits per heavy atom. The van der Waals surface area contributed by atoms with E-state index in [-0.39, 0.29) is 11.8 Å². The number of carbonyl (C=O) groups is 2. The molecule has 0 unspecified atom stereocenters. The van der Waals surface area contributed by atoms with Gasteiger partial charge in [0, 0.05) is 16.1 Å². The third-order valence-electron chi connectivity index (χ3n) is 5.13. The summed E-state index contributed by atoms with van der Waals surface area (Å²) in [6, 6.07) is 20.4. The Hall–Kier alpha value is -3.15. The summed E-state index contributed by atoms with van der Waals surface area (Å²) >= 11 is 12.4. The average molecular weight is 453 g/mol. The minimum atomic E-state index is -0.811. The van der Waals surface area contributed by atoms with E-state index in [4.69, 9.17) is 23.2 Å². The zero-order valence-electron chi connectivity index (χ0n) is 16.7. The Morgan fingerprint density at radius 1 is 1.00 bits per heavy atom. The molecular formula is C24H20Cl2N3O2+. The number of rotatable bonds is 4. The van der Waals surface area contributed by atoms with E-state index in [2.05, 4.69) is 10.7 Å². The molecule has 0 aromatic heterocycles. The lowest BCUT2D eigenvalue weighted by Gasteiger charge is -2.15. The molecule has 2 atom stereocenters. The first kappa shape index (κ1) is 21.1. The highest BCUT2D eigenvalue weighted by Gasteiger charge is 2.47. The lowest BCUT2D eigenvalue weighted by Crippen LogP contribution is -2.42. The van der Waals surface area contributed by atoms with Crippen LogP contribution in [0.2, 0.25) is 10.0 Å². The van der Waals surface area contributed by atoms with Gasteiger partial charge in [0.15, 0.2) is 6.04 Å². The number of benzene rings is 3. The van der Waals surface area contributed by atoms with Gasteiger partial charge in [0.2, 0.25) is 12.3 Å². The van der Waals surface area contributed by atoms with Crippen molar-refractivity contribution in [2.24, 2.45) is 0 Å². The first-order chi connectivity index (χ1) is 14.9. The summed E-state index contributed by atoms with van der Waals surface area (Å²) < 4.78 is 1.67. The van der Waals surface area contributed by atoms with Crippen molar-refractivity contribution in [2.75, 3.05) is 0 Å². The quantitative estimate of drug-likeness (QED) is 0.579. The number of hydrazine groups is 1. The molecule has 2 amide bonds. The maximum Gasteiger partial charge on any atom is 0.304 e. The molecule has 4 rings (SSSR count). The zero-order valence-corrected chi connectivity index (χ0v) is 18.2. The van der Waals surface area contributed by atoms with Crippen molar-refractivity contribution in [2.45, 2.75) is 19.0 Å². The fourth-order valence-electron chi connectivity index (χ4n) is 3.50. The van der Waals surface area contributed by atoms with Gasteiger partial charge in [0.1, 0.15) is 0 Å². The molecule has 0 bridgehead atoms. The molecule has 1 aliphatic rings. The first-order valence-corrected chi connectivity index (χ1v) is 10.5. The predicted molar refractivity (Wildman–Crippen MR) is 122 cm³/mol. The molecular weight excluding hydrogens is 433 g/mol. The molecule has 1 saturated heterocycles. The highest BCUT2D eigenvalue weighted by molar-refractivity contribution is 6.33. The van der Waals surface area contributed by atoms with Gasteiger partial charge < -0.3 is 5.32 Å². The van der Waals surface area contributed by atoms with E-state index in [1.807, 2.05) is 49.4 Å². The molecule has 156 valence electrons. The molecule has 0 aliphatic carbocycles. The maximum atomic E-state index is 12.9. The van der Waals surface area contributed by atoms with Crippen LogP contribution in [0.15, 0.2) is 72.8 Å². The van der Waals surface area contributed by atoms with Gasteiger partial charge in [-0.1, -0.05) is 65.2 Å². The third-order valence-corrected chi connectivity index (χ3v) is 5.73. The second-order valence-electron chi connectivity index (χ2n) is 7.35. The monoisotopic (exact) mass is 452 g/mol. The van der Waals surface area contributed by atoms with Crippen LogP contribution < -0.4 is 10.7 Å². The Balaban J connectivity index is 1.71. The molecule has 5 nitrogen and oxygen atoms in total. The largest absolute Gasteiger partial charge is 0.334 e. The molecule has 1 fully saturated rings. The first-order valence-electron chi connectivity index (χ1n) is 9.73. The molecule has 1 aliphatic heterocycles. The van der Waals surface area contributed by atoms with Crippen LogP contribution in [0.4, 0.5) is 0 Å². The maximum absolute atomic E-state index is 12.9. The van der Waals surface area contributed by atoms with E-state index in [0.717, 1.165) is 16.7 Å². The van der Waals surface area contributed by atoms with Gasteiger partial charge >= 0.3 is 5.91 Å². The minimum absolute atomic E-state index is 0.316. The van der Waals surface area contributed by atoms with Gasteiger partial charge in [-0.2, -0.15) is 0 Å². The number of hydrogen-bond acceptors (Lipinski definition) is 2. The van der Waals surface area contributed by atoms with Gasteiger partial charge in [-0.05, 0) is 43.3 Å². The van der Waals surface area contributed by atoms with Crippen molar-refractivity contribution >= 4 is 41.2 Å². The Kier molecular flexibility index (Phi) is 6.07. The molecule has 31 heavy (non-hydrogen) atoms. The topological polar surface area (TPSA) is 61.2 Å². The molecule has 1 heterocycles. The molecule has 0 saturated carbocycles. The average Bonchev–Trinajstić information content (AvgIpc) is 3.05. The van der Waals surface area contributed by atoms with Crippen LogP contribution >= 0.6 is 23.2 Å². The number of hydrogen-bond donors (Lipinski definition) is 2. The van der Waals surface area contributed by atoms with E-state index in [0.29, 0.717) is 15.6 Å². The van der Waals surface area contributed by atoms with Gasteiger partial charge in [-0.15, -0.1) is 10.1 Å². The Bertz CT molecular complexity index is 1160. The Labute approximate surface area is 190 Å². The minimum Gasteiger partial charge on any atom is -0.334 e. The van der Waals surface area contributed by atoms with Crippen LogP contribution in [0.5, 0.6) is 0 Å². The van der Waals surface area contributed by atoms with Crippen LogP contribution in [0, 0.1) is 6.92 Å². The zero-order chi connectivity index (χ0) is 22.0. The molecule has 3 aromatic carbocycles.